The summed E-state index contributed by atoms with van der Waals surface area (Å²) in [5, 5.41) is 4.75. The van der Waals surface area contributed by atoms with Gasteiger partial charge in [0.25, 0.3) is 0 Å². The van der Waals surface area contributed by atoms with Gasteiger partial charge in [0.05, 0.1) is 10.0 Å². The zero-order valence-electron chi connectivity index (χ0n) is 16.4. The van der Waals surface area contributed by atoms with E-state index in [4.69, 9.17) is 23.2 Å². The molecule has 29 heavy (non-hydrogen) atoms. The molecule has 0 saturated carbocycles. The Hall–Kier alpha value is -2.48. The Balaban J connectivity index is 1.46. The highest BCUT2D eigenvalue weighted by molar-refractivity contribution is 6.42. The van der Waals surface area contributed by atoms with Crippen molar-refractivity contribution in [1.29, 1.82) is 0 Å². The second-order valence-corrected chi connectivity index (χ2v) is 8.31. The number of halogens is 2. The first-order valence-electron chi connectivity index (χ1n) is 9.78. The minimum Gasteiger partial charge on any atom is -0.355 e. The van der Waals surface area contributed by atoms with Crippen LogP contribution >= 0.6 is 23.2 Å². The van der Waals surface area contributed by atoms with Gasteiger partial charge in [-0.15, -0.1) is 0 Å². The van der Waals surface area contributed by atoms with E-state index in [1.54, 1.807) is 0 Å². The van der Waals surface area contributed by atoms with E-state index in [1.165, 1.54) is 22.3 Å². The standard InChI is InChI=1S/C26H23Cl2N/c1-17-5-3-4-6-25(17)29-18(2)21-10-7-19(8-11-21)15-20-9-13-23-22(16-20)12-14-24(27)26(23)28/h3-8,10-12,14,16,29H,2,9,13,15H2,1H3. The molecule has 3 heteroatoms. The molecule has 0 bridgehead atoms. The summed E-state index contributed by atoms with van der Waals surface area (Å²) in [5.41, 5.74) is 9.37. The summed E-state index contributed by atoms with van der Waals surface area (Å²) >= 11 is 12.5. The van der Waals surface area contributed by atoms with Gasteiger partial charge in [0.1, 0.15) is 0 Å². The Morgan fingerprint density at radius 2 is 1.72 bits per heavy atom. The minimum absolute atomic E-state index is 0.636. The number of fused-ring (bicyclic) bond motifs is 1. The monoisotopic (exact) mass is 419 g/mol. The van der Waals surface area contributed by atoms with E-state index < -0.39 is 0 Å². The Morgan fingerprint density at radius 3 is 2.48 bits per heavy atom. The maximum atomic E-state index is 6.36. The van der Waals surface area contributed by atoms with E-state index in [1.807, 2.05) is 18.2 Å². The average molecular weight is 420 g/mol. The molecule has 4 rings (SSSR count). The third kappa shape index (κ3) is 4.42. The van der Waals surface area contributed by atoms with E-state index in [2.05, 4.69) is 67.4 Å². The third-order valence-electron chi connectivity index (χ3n) is 5.45. The van der Waals surface area contributed by atoms with Gasteiger partial charge in [-0.1, -0.05) is 90.0 Å². The fraction of sp³-hybridized carbons (Fsp3) is 0.154. The first-order chi connectivity index (χ1) is 14.0. The first-order valence-corrected chi connectivity index (χ1v) is 10.5. The molecule has 0 amide bonds. The molecule has 1 aliphatic carbocycles. The van der Waals surface area contributed by atoms with Crippen molar-refractivity contribution in [2.45, 2.75) is 26.2 Å². The molecule has 1 N–H and O–H groups in total. The maximum absolute atomic E-state index is 6.36. The van der Waals surface area contributed by atoms with Gasteiger partial charge >= 0.3 is 0 Å². The van der Waals surface area contributed by atoms with Gasteiger partial charge in [0.15, 0.2) is 0 Å². The Labute approximate surface area is 182 Å². The van der Waals surface area contributed by atoms with Gasteiger partial charge in [-0.25, -0.2) is 0 Å². The second-order valence-electron chi connectivity index (χ2n) is 7.52. The molecule has 0 heterocycles. The van der Waals surface area contributed by atoms with Crippen molar-refractivity contribution in [3.63, 3.8) is 0 Å². The van der Waals surface area contributed by atoms with Crippen LogP contribution in [0.1, 0.15) is 34.2 Å². The van der Waals surface area contributed by atoms with E-state index in [-0.39, 0.29) is 0 Å². The van der Waals surface area contributed by atoms with Crippen molar-refractivity contribution in [1.82, 2.24) is 0 Å². The molecule has 0 fully saturated rings. The van der Waals surface area contributed by atoms with Crippen molar-refractivity contribution < 1.29 is 0 Å². The number of aryl methyl sites for hydroxylation is 1. The van der Waals surface area contributed by atoms with Crippen LogP contribution in [0.2, 0.25) is 10.0 Å². The van der Waals surface area contributed by atoms with Gasteiger partial charge in [-0.05, 0) is 66.1 Å². The van der Waals surface area contributed by atoms with Crippen LogP contribution in [-0.4, -0.2) is 0 Å². The molecule has 1 aliphatic rings. The SMILES string of the molecule is C=C(Nc1ccccc1C)c1ccc(CC2=Cc3ccc(Cl)c(Cl)c3CC2)cc1. The van der Waals surface area contributed by atoms with E-state index in [0.29, 0.717) is 10.0 Å². The lowest BCUT2D eigenvalue weighted by Gasteiger charge is -2.19. The normalized spacial score (nSPS) is 12.9. The predicted molar refractivity (Wildman–Crippen MR) is 127 cm³/mol. The average Bonchev–Trinajstić information content (AvgIpc) is 2.73. The lowest BCUT2D eigenvalue weighted by molar-refractivity contribution is 0.889. The lowest BCUT2D eigenvalue weighted by Crippen LogP contribution is -2.03. The minimum atomic E-state index is 0.636. The molecular weight excluding hydrogens is 397 g/mol. The van der Waals surface area contributed by atoms with Gasteiger partial charge in [0, 0.05) is 11.4 Å². The zero-order chi connectivity index (χ0) is 20.4. The van der Waals surface area contributed by atoms with Crippen molar-refractivity contribution in [2.24, 2.45) is 0 Å². The van der Waals surface area contributed by atoms with Gasteiger partial charge in [-0.3, -0.25) is 0 Å². The van der Waals surface area contributed by atoms with Crippen molar-refractivity contribution in [2.75, 3.05) is 5.32 Å². The highest BCUT2D eigenvalue weighted by atomic mass is 35.5. The highest BCUT2D eigenvalue weighted by Crippen LogP contribution is 2.35. The summed E-state index contributed by atoms with van der Waals surface area (Å²) < 4.78 is 0. The molecule has 3 aromatic rings. The van der Waals surface area contributed by atoms with Crippen LogP contribution < -0.4 is 5.32 Å². The summed E-state index contributed by atoms with van der Waals surface area (Å²) in [5.74, 6) is 0. The number of allylic oxidation sites excluding steroid dienone is 1. The second kappa shape index (κ2) is 8.49. The number of hydrogen-bond donors (Lipinski definition) is 1. The predicted octanol–water partition coefficient (Wildman–Crippen LogP) is 7.96. The smallest absolute Gasteiger partial charge is 0.0630 e. The molecule has 3 aromatic carbocycles. The number of nitrogens with one attached hydrogen (secondary N) is 1. The van der Waals surface area contributed by atoms with Crippen LogP contribution in [0.5, 0.6) is 0 Å². The van der Waals surface area contributed by atoms with Crippen LogP contribution in [0.15, 0.2) is 72.8 Å². The summed E-state index contributed by atoms with van der Waals surface area (Å²) in [4.78, 5) is 0. The summed E-state index contributed by atoms with van der Waals surface area (Å²) in [6, 6.07) is 20.8. The fourth-order valence-corrected chi connectivity index (χ4v) is 4.19. The Bertz CT molecular complexity index is 1090. The summed E-state index contributed by atoms with van der Waals surface area (Å²) in [6.45, 7) is 6.29. The fourth-order valence-electron chi connectivity index (χ4n) is 3.75. The molecule has 0 radical (unpaired) electrons. The van der Waals surface area contributed by atoms with Crippen LogP contribution in [0.25, 0.3) is 11.8 Å². The van der Waals surface area contributed by atoms with Crippen LogP contribution in [0.4, 0.5) is 5.69 Å². The maximum Gasteiger partial charge on any atom is 0.0630 e. The first kappa shape index (κ1) is 19.8. The van der Waals surface area contributed by atoms with Crippen LogP contribution in [0.3, 0.4) is 0 Å². The third-order valence-corrected chi connectivity index (χ3v) is 6.30. The largest absolute Gasteiger partial charge is 0.355 e. The number of rotatable bonds is 5. The molecule has 0 atom stereocenters. The number of anilines is 1. The molecule has 146 valence electrons. The quantitative estimate of drug-likeness (QED) is 0.442. The molecule has 0 unspecified atom stereocenters. The number of benzene rings is 3. The molecule has 0 saturated heterocycles. The lowest BCUT2D eigenvalue weighted by atomic mass is 9.89. The van der Waals surface area contributed by atoms with Crippen LogP contribution in [-0.2, 0) is 12.8 Å². The van der Waals surface area contributed by atoms with Crippen LogP contribution in [0, 0.1) is 6.92 Å². The van der Waals surface area contributed by atoms with Gasteiger partial charge < -0.3 is 5.32 Å². The molecule has 1 nitrogen and oxygen atoms in total. The van der Waals surface area contributed by atoms with Crippen molar-refractivity contribution in [3.05, 3.63) is 111 Å². The zero-order valence-corrected chi connectivity index (χ0v) is 17.9. The molecule has 0 aromatic heterocycles. The van der Waals surface area contributed by atoms with E-state index in [9.17, 15) is 0 Å². The van der Waals surface area contributed by atoms with E-state index in [0.717, 1.165) is 41.8 Å². The van der Waals surface area contributed by atoms with Gasteiger partial charge in [0.2, 0.25) is 0 Å². The number of para-hydroxylation sites is 1. The topological polar surface area (TPSA) is 12.0 Å². The summed E-state index contributed by atoms with van der Waals surface area (Å²) in [7, 11) is 0. The molecular formula is C26H23Cl2N. The molecule has 0 spiro atoms. The highest BCUT2D eigenvalue weighted by Gasteiger charge is 2.15. The van der Waals surface area contributed by atoms with Crippen molar-refractivity contribution in [3.8, 4) is 0 Å². The van der Waals surface area contributed by atoms with E-state index >= 15 is 0 Å². The summed E-state index contributed by atoms with van der Waals surface area (Å²) in [6.07, 6.45) is 5.15. The van der Waals surface area contributed by atoms with Gasteiger partial charge in [-0.2, -0.15) is 0 Å². The Kier molecular flexibility index (Phi) is 5.80. The number of hydrogen-bond acceptors (Lipinski definition) is 1. The Morgan fingerprint density at radius 1 is 0.966 bits per heavy atom. The van der Waals surface area contributed by atoms with Crippen molar-refractivity contribution >= 4 is 40.7 Å². The molecule has 0 aliphatic heterocycles.